The van der Waals surface area contributed by atoms with Crippen LogP contribution in [0.3, 0.4) is 0 Å². The maximum absolute atomic E-state index is 6.03. The average Bonchev–Trinajstić information content (AvgIpc) is 2.76. The minimum Gasteiger partial charge on any atom is -0.494 e. The van der Waals surface area contributed by atoms with Gasteiger partial charge in [-0.1, -0.05) is 24.2 Å². The summed E-state index contributed by atoms with van der Waals surface area (Å²) in [6, 6.07) is 12.0. The summed E-state index contributed by atoms with van der Waals surface area (Å²) in [7, 11) is 1.56. The topological polar surface area (TPSA) is 49.3 Å². The molecular formula is C26H35NO4. The highest BCUT2D eigenvalue weighted by Crippen LogP contribution is 2.28. The molecule has 0 N–H and O–H groups in total. The standard InChI is InChI=1S/C26H35NO4/c1-6-8-15-30-24-18-20(3)26(21(4)19-24)31-17-10-9-16-29-23-13-11-22(12-14-23)25(7-2)27-28-5/h6,8,11-14,18-19H,7,9-10,15-17H2,1-5H3/b8-6+,27-25?. The van der Waals surface area contributed by atoms with Crippen LogP contribution in [0.5, 0.6) is 17.2 Å². The van der Waals surface area contributed by atoms with Crippen LogP contribution in [0.15, 0.2) is 53.7 Å². The lowest BCUT2D eigenvalue weighted by Crippen LogP contribution is -2.05. The van der Waals surface area contributed by atoms with Gasteiger partial charge in [0, 0.05) is 0 Å². The van der Waals surface area contributed by atoms with Gasteiger partial charge in [0.1, 0.15) is 31.0 Å². The van der Waals surface area contributed by atoms with Gasteiger partial charge in [0.05, 0.1) is 18.9 Å². The molecule has 0 aliphatic carbocycles. The third-order valence-corrected chi connectivity index (χ3v) is 4.79. The van der Waals surface area contributed by atoms with Crippen LogP contribution in [-0.4, -0.2) is 32.6 Å². The summed E-state index contributed by atoms with van der Waals surface area (Å²) >= 11 is 0. The Bertz CT molecular complexity index is 833. The van der Waals surface area contributed by atoms with Crippen LogP contribution in [0.2, 0.25) is 0 Å². The molecule has 2 aromatic carbocycles. The van der Waals surface area contributed by atoms with Gasteiger partial charge in [-0.2, -0.15) is 0 Å². The number of rotatable bonds is 13. The Morgan fingerprint density at radius 2 is 1.55 bits per heavy atom. The first-order valence-electron chi connectivity index (χ1n) is 10.9. The second-order valence-corrected chi connectivity index (χ2v) is 7.27. The molecule has 0 saturated heterocycles. The number of benzene rings is 2. The first-order chi connectivity index (χ1) is 15.1. The molecule has 0 aromatic heterocycles. The zero-order valence-corrected chi connectivity index (χ0v) is 19.4. The number of ether oxygens (including phenoxy) is 3. The molecule has 0 amide bonds. The number of hydrogen-bond donors (Lipinski definition) is 0. The van der Waals surface area contributed by atoms with Crippen molar-refractivity contribution in [2.45, 2.75) is 47.0 Å². The maximum atomic E-state index is 6.03. The number of nitrogens with zero attached hydrogens (tertiary/aromatic N) is 1. The summed E-state index contributed by atoms with van der Waals surface area (Å²) in [5.41, 5.74) is 4.16. The zero-order chi connectivity index (χ0) is 22.5. The largest absolute Gasteiger partial charge is 0.494 e. The highest BCUT2D eigenvalue weighted by atomic mass is 16.6. The van der Waals surface area contributed by atoms with Crippen LogP contribution in [0.25, 0.3) is 0 Å². The van der Waals surface area contributed by atoms with Gasteiger partial charge in [-0.05, 0) is 93.1 Å². The number of aryl methyl sites for hydroxylation is 2. The molecule has 0 atom stereocenters. The third kappa shape index (κ3) is 8.00. The predicted octanol–water partition coefficient (Wildman–Crippen LogP) is 6.26. The van der Waals surface area contributed by atoms with E-state index in [1.807, 2.05) is 55.5 Å². The van der Waals surface area contributed by atoms with Crippen molar-refractivity contribution in [2.24, 2.45) is 5.16 Å². The van der Waals surface area contributed by atoms with Crippen molar-refractivity contribution in [1.82, 2.24) is 0 Å². The quantitative estimate of drug-likeness (QED) is 0.165. The molecule has 0 aliphatic rings. The summed E-state index contributed by atoms with van der Waals surface area (Å²) in [6.07, 6.45) is 6.64. The third-order valence-electron chi connectivity index (χ3n) is 4.79. The molecule has 0 heterocycles. The SMILES string of the molecule is C/C=C/COc1cc(C)c(OCCCCOc2ccc(C(CC)=NOC)cc2)c(C)c1. The molecule has 168 valence electrons. The number of hydrogen-bond acceptors (Lipinski definition) is 5. The Morgan fingerprint density at radius 1 is 0.903 bits per heavy atom. The molecular weight excluding hydrogens is 390 g/mol. The van der Waals surface area contributed by atoms with E-state index >= 15 is 0 Å². The molecule has 0 fully saturated rings. The molecule has 2 rings (SSSR count). The van der Waals surface area contributed by atoms with E-state index in [0.717, 1.165) is 58.9 Å². The van der Waals surface area contributed by atoms with Gasteiger partial charge in [-0.3, -0.25) is 0 Å². The molecule has 0 unspecified atom stereocenters. The van der Waals surface area contributed by atoms with Gasteiger partial charge in [-0.25, -0.2) is 0 Å². The van der Waals surface area contributed by atoms with E-state index in [2.05, 4.69) is 25.9 Å². The summed E-state index contributed by atoms with van der Waals surface area (Å²) < 4.78 is 17.6. The van der Waals surface area contributed by atoms with Gasteiger partial charge in [0.15, 0.2) is 0 Å². The van der Waals surface area contributed by atoms with Gasteiger partial charge >= 0.3 is 0 Å². The summed E-state index contributed by atoms with van der Waals surface area (Å²) in [5, 5.41) is 4.05. The first kappa shape index (κ1) is 24.3. The van der Waals surface area contributed by atoms with Crippen molar-refractivity contribution >= 4 is 5.71 Å². The predicted molar refractivity (Wildman–Crippen MR) is 127 cm³/mol. The van der Waals surface area contributed by atoms with Crippen LogP contribution in [0, 0.1) is 13.8 Å². The fourth-order valence-electron chi connectivity index (χ4n) is 3.21. The van der Waals surface area contributed by atoms with E-state index < -0.39 is 0 Å². The molecule has 5 heteroatoms. The van der Waals surface area contributed by atoms with E-state index in [-0.39, 0.29) is 0 Å². The number of oxime groups is 1. The number of unbranched alkanes of at least 4 members (excludes halogenated alkanes) is 1. The van der Waals surface area contributed by atoms with Gasteiger partial charge in [0.25, 0.3) is 0 Å². The average molecular weight is 426 g/mol. The molecule has 0 aliphatic heterocycles. The second kappa shape index (κ2) is 13.4. The zero-order valence-electron chi connectivity index (χ0n) is 19.4. The highest BCUT2D eigenvalue weighted by molar-refractivity contribution is 6.00. The van der Waals surface area contributed by atoms with E-state index in [1.54, 1.807) is 7.11 Å². The smallest absolute Gasteiger partial charge is 0.125 e. The van der Waals surface area contributed by atoms with Gasteiger partial charge < -0.3 is 19.0 Å². The lowest BCUT2D eigenvalue weighted by Gasteiger charge is -2.14. The van der Waals surface area contributed by atoms with Crippen molar-refractivity contribution in [3.8, 4) is 17.2 Å². The van der Waals surface area contributed by atoms with E-state index in [1.165, 1.54) is 0 Å². The Kier molecular flexibility index (Phi) is 10.5. The van der Waals surface area contributed by atoms with Crippen LogP contribution < -0.4 is 14.2 Å². The van der Waals surface area contributed by atoms with Gasteiger partial charge in [0.2, 0.25) is 0 Å². The van der Waals surface area contributed by atoms with Crippen molar-refractivity contribution in [3.05, 3.63) is 65.2 Å². The minimum absolute atomic E-state index is 0.582. The summed E-state index contributed by atoms with van der Waals surface area (Å²) in [5.74, 6) is 2.68. The molecule has 2 aromatic rings. The lowest BCUT2D eigenvalue weighted by molar-refractivity contribution is 0.213. The number of allylic oxidation sites excluding steroid dienone is 1. The van der Waals surface area contributed by atoms with Crippen LogP contribution in [0.1, 0.15) is 49.8 Å². The normalized spacial score (nSPS) is 11.6. The van der Waals surface area contributed by atoms with E-state index in [0.29, 0.717) is 19.8 Å². The van der Waals surface area contributed by atoms with Crippen molar-refractivity contribution in [2.75, 3.05) is 26.9 Å². The first-order valence-corrected chi connectivity index (χ1v) is 10.9. The van der Waals surface area contributed by atoms with Gasteiger partial charge in [-0.15, -0.1) is 0 Å². The fraction of sp³-hybridized carbons (Fsp3) is 0.423. The fourth-order valence-corrected chi connectivity index (χ4v) is 3.21. The highest BCUT2D eigenvalue weighted by Gasteiger charge is 2.07. The van der Waals surface area contributed by atoms with Crippen molar-refractivity contribution < 1.29 is 19.0 Å². The van der Waals surface area contributed by atoms with E-state index in [4.69, 9.17) is 19.0 Å². The Balaban J connectivity index is 1.73. The Hall–Kier alpha value is -2.95. The monoisotopic (exact) mass is 425 g/mol. The van der Waals surface area contributed by atoms with Crippen LogP contribution in [0.4, 0.5) is 0 Å². The Labute approximate surface area is 186 Å². The minimum atomic E-state index is 0.582. The van der Waals surface area contributed by atoms with Crippen molar-refractivity contribution in [3.63, 3.8) is 0 Å². The van der Waals surface area contributed by atoms with Crippen molar-refractivity contribution in [1.29, 1.82) is 0 Å². The molecule has 5 nitrogen and oxygen atoms in total. The maximum Gasteiger partial charge on any atom is 0.125 e. The second-order valence-electron chi connectivity index (χ2n) is 7.27. The summed E-state index contributed by atoms with van der Waals surface area (Å²) in [6.45, 7) is 10.1. The molecule has 0 bridgehead atoms. The van der Waals surface area contributed by atoms with Crippen LogP contribution in [-0.2, 0) is 4.84 Å². The molecule has 31 heavy (non-hydrogen) atoms. The molecule has 0 radical (unpaired) electrons. The molecule has 0 saturated carbocycles. The summed E-state index contributed by atoms with van der Waals surface area (Å²) in [4.78, 5) is 4.89. The Morgan fingerprint density at radius 3 is 2.13 bits per heavy atom. The molecule has 0 spiro atoms. The lowest BCUT2D eigenvalue weighted by atomic mass is 10.1. The van der Waals surface area contributed by atoms with E-state index in [9.17, 15) is 0 Å². The van der Waals surface area contributed by atoms with Crippen LogP contribution >= 0.6 is 0 Å².